The zero-order valence-electron chi connectivity index (χ0n) is 19.9. The van der Waals surface area contributed by atoms with Crippen molar-refractivity contribution in [3.8, 4) is 5.75 Å². The number of para-hydroxylation sites is 1. The molecule has 3 rings (SSSR count). The molecule has 0 heterocycles. The van der Waals surface area contributed by atoms with Crippen molar-refractivity contribution in [2.24, 2.45) is 0 Å². The van der Waals surface area contributed by atoms with Crippen molar-refractivity contribution in [3.05, 3.63) is 71.8 Å². The Morgan fingerprint density at radius 2 is 1.70 bits per heavy atom. The zero-order valence-corrected chi connectivity index (χ0v) is 19.9. The predicted molar refractivity (Wildman–Crippen MR) is 134 cm³/mol. The highest BCUT2D eigenvalue weighted by molar-refractivity contribution is 5.93. The van der Waals surface area contributed by atoms with Crippen LogP contribution in [0.15, 0.2) is 60.7 Å². The molecule has 6 heteroatoms. The molecule has 2 amide bonds. The maximum Gasteiger partial charge on any atom is 0.238 e. The van der Waals surface area contributed by atoms with Gasteiger partial charge in [0.1, 0.15) is 5.75 Å². The quantitative estimate of drug-likeness (QED) is 0.498. The Hall–Kier alpha value is -3.38. The van der Waals surface area contributed by atoms with E-state index < -0.39 is 0 Å². The highest BCUT2D eigenvalue weighted by atomic mass is 16.5. The van der Waals surface area contributed by atoms with Crippen molar-refractivity contribution < 1.29 is 14.3 Å². The molecule has 0 unspecified atom stereocenters. The number of fused-ring (bicyclic) bond motifs is 1. The number of benzene rings is 3. The summed E-state index contributed by atoms with van der Waals surface area (Å²) in [6.07, 6.45) is 0.864. The van der Waals surface area contributed by atoms with E-state index in [9.17, 15) is 9.59 Å². The second-order valence-corrected chi connectivity index (χ2v) is 8.37. The lowest BCUT2D eigenvalue weighted by Gasteiger charge is -2.24. The molecule has 3 aromatic rings. The fourth-order valence-corrected chi connectivity index (χ4v) is 3.81. The summed E-state index contributed by atoms with van der Waals surface area (Å²) in [5, 5.41) is 5.16. The standard InChI is InChI=1S/C27H33N3O3/c1-5-14-30(18-26(31)28-25-9-7-6-8-20(25)2)19-27(32)29(3)17-21-10-11-23-16-24(33-4)13-12-22(23)15-21/h6-13,15-16H,5,14,17-19H2,1-4H3,(H,28,31). The van der Waals surface area contributed by atoms with Gasteiger partial charge in [0.25, 0.3) is 0 Å². The number of hydrogen-bond donors (Lipinski definition) is 1. The van der Waals surface area contributed by atoms with Crippen LogP contribution in [0, 0.1) is 6.92 Å². The highest BCUT2D eigenvalue weighted by Crippen LogP contribution is 2.22. The number of aryl methyl sites for hydroxylation is 1. The molecular weight excluding hydrogens is 414 g/mol. The molecule has 1 N–H and O–H groups in total. The topological polar surface area (TPSA) is 61.9 Å². The summed E-state index contributed by atoms with van der Waals surface area (Å²) in [6, 6.07) is 19.8. The number of nitrogens with zero attached hydrogens (tertiary/aromatic N) is 2. The zero-order chi connectivity index (χ0) is 23.8. The first kappa shape index (κ1) is 24.3. The van der Waals surface area contributed by atoms with E-state index in [0.29, 0.717) is 13.1 Å². The van der Waals surface area contributed by atoms with Gasteiger partial charge in [0.15, 0.2) is 0 Å². The van der Waals surface area contributed by atoms with E-state index in [4.69, 9.17) is 4.74 Å². The van der Waals surface area contributed by atoms with Crippen LogP contribution in [0.25, 0.3) is 10.8 Å². The van der Waals surface area contributed by atoms with E-state index in [1.54, 1.807) is 19.1 Å². The van der Waals surface area contributed by atoms with Crippen LogP contribution < -0.4 is 10.1 Å². The first-order valence-electron chi connectivity index (χ1n) is 11.3. The summed E-state index contributed by atoms with van der Waals surface area (Å²) >= 11 is 0. The van der Waals surface area contributed by atoms with Crippen molar-refractivity contribution in [1.82, 2.24) is 9.80 Å². The summed E-state index contributed by atoms with van der Waals surface area (Å²) in [6.45, 7) is 5.58. The van der Waals surface area contributed by atoms with E-state index in [1.165, 1.54) is 0 Å². The minimum Gasteiger partial charge on any atom is -0.497 e. The van der Waals surface area contributed by atoms with Gasteiger partial charge in [-0.15, -0.1) is 0 Å². The number of ether oxygens (including phenoxy) is 1. The van der Waals surface area contributed by atoms with E-state index in [1.807, 2.05) is 73.3 Å². The van der Waals surface area contributed by atoms with Crippen LogP contribution in [-0.4, -0.2) is 55.4 Å². The number of likely N-dealkylation sites (N-methyl/N-ethyl adjacent to an activating group) is 1. The number of carbonyl (C=O) groups excluding carboxylic acids is 2. The van der Waals surface area contributed by atoms with Crippen LogP contribution >= 0.6 is 0 Å². The Morgan fingerprint density at radius 1 is 0.970 bits per heavy atom. The van der Waals surface area contributed by atoms with Crippen molar-refractivity contribution >= 4 is 28.3 Å². The molecule has 33 heavy (non-hydrogen) atoms. The Kier molecular flexibility index (Phi) is 8.44. The summed E-state index contributed by atoms with van der Waals surface area (Å²) in [5.74, 6) is 0.699. The van der Waals surface area contributed by atoms with Gasteiger partial charge in [-0.05, 0) is 66.1 Å². The molecular formula is C27H33N3O3. The molecule has 3 aromatic carbocycles. The molecule has 0 radical (unpaired) electrons. The maximum absolute atomic E-state index is 12.9. The molecule has 6 nitrogen and oxygen atoms in total. The molecule has 174 valence electrons. The van der Waals surface area contributed by atoms with Crippen molar-refractivity contribution in [3.63, 3.8) is 0 Å². The van der Waals surface area contributed by atoms with Gasteiger partial charge in [0.2, 0.25) is 11.8 Å². The van der Waals surface area contributed by atoms with E-state index in [0.717, 1.165) is 39.8 Å². The lowest BCUT2D eigenvalue weighted by Crippen LogP contribution is -2.42. The smallest absolute Gasteiger partial charge is 0.238 e. The Morgan fingerprint density at radius 3 is 2.42 bits per heavy atom. The SMILES string of the molecule is CCCN(CC(=O)Nc1ccccc1C)CC(=O)N(C)Cc1ccc2cc(OC)ccc2c1. The van der Waals surface area contributed by atoms with Crippen molar-refractivity contribution in [2.45, 2.75) is 26.8 Å². The number of hydrogen-bond acceptors (Lipinski definition) is 4. The number of amides is 2. The molecule has 0 spiro atoms. The van der Waals surface area contributed by atoms with Crippen LogP contribution in [0.4, 0.5) is 5.69 Å². The van der Waals surface area contributed by atoms with Crippen LogP contribution in [0.1, 0.15) is 24.5 Å². The fraction of sp³-hybridized carbons (Fsp3) is 0.333. The van der Waals surface area contributed by atoms with Gasteiger partial charge in [-0.1, -0.05) is 43.3 Å². The lowest BCUT2D eigenvalue weighted by molar-refractivity contribution is -0.132. The average Bonchev–Trinajstić information content (AvgIpc) is 2.80. The molecule has 0 aromatic heterocycles. The largest absolute Gasteiger partial charge is 0.497 e. The van der Waals surface area contributed by atoms with Crippen molar-refractivity contribution in [1.29, 1.82) is 0 Å². The predicted octanol–water partition coefficient (Wildman–Crippen LogP) is 4.47. The number of nitrogens with one attached hydrogen (secondary N) is 1. The van der Waals surface area contributed by atoms with Gasteiger partial charge in [-0.3, -0.25) is 14.5 Å². The summed E-state index contributed by atoms with van der Waals surface area (Å²) in [7, 11) is 3.46. The minimum atomic E-state index is -0.113. The summed E-state index contributed by atoms with van der Waals surface area (Å²) < 4.78 is 5.29. The highest BCUT2D eigenvalue weighted by Gasteiger charge is 2.17. The number of methoxy groups -OCH3 is 1. The first-order valence-corrected chi connectivity index (χ1v) is 11.3. The Labute approximate surface area is 196 Å². The maximum atomic E-state index is 12.9. The lowest BCUT2D eigenvalue weighted by atomic mass is 10.1. The third-order valence-electron chi connectivity index (χ3n) is 5.64. The monoisotopic (exact) mass is 447 g/mol. The molecule has 0 atom stereocenters. The van der Waals surface area contributed by atoms with Gasteiger partial charge in [-0.2, -0.15) is 0 Å². The number of rotatable bonds is 10. The Balaban J connectivity index is 1.59. The number of anilines is 1. The minimum absolute atomic E-state index is 0.0121. The van der Waals surface area contributed by atoms with E-state index in [-0.39, 0.29) is 24.9 Å². The van der Waals surface area contributed by atoms with Gasteiger partial charge >= 0.3 is 0 Å². The average molecular weight is 448 g/mol. The molecule has 0 bridgehead atoms. The molecule has 0 saturated heterocycles. The van der Waals surface area contributed by atoms with Crippen LogP contribution in [-0.2, 0) is 16.1 Å². The van der Waals surface area contributed by atoms with Crippen LogP contribution in [0.5, 0.6) is 5.75 Å². The molecule has 0 aliphatic rings. The van der Waals surface area contributed by atoms with Crippen LogP contribution in [0.2, 0.25) is 0 Å². The van der Waals surface area contributed by atoms with Gasteiger partial charge in [-0.25, -0.2) is 0 Å². The Bertz CT molecular complexity index is 1110. The molecule has 0 fully saturated rings. The van der Waals surface area contributed by atoms with Gasteiger partial charge < -0.3 is 15.0 Å². The number of carbonyl (C=O) groups is 2. The summed E-state index contributed by atoms with van der Waals surface area (Å²) in [4.78, 5) is 29.1. The molecule has 0 aliphatic carbocycles. The van der Waals surface area contributed by atoms with Gasteiger partial charge in [0, 0.05) is 19.3 Å². The fourth-order valence-electron chi connectivity index (χ4n) is 3.81. The van der Waals surface area contributed by atoms with Crippen LogP contribution in [0.3, 0.4) is 0 Å². The second kappa shape index (κ2) is 11.5. The van der Waals surface area contributed by atoms with Crippen molar-refractivity contribution in [2.75, 3.05) is 39.1 Å². The third kappa shape index (κ3) is 6.80. The molecule has 0 aliphatic heterocycles. The third-order valence-corrected chi connectivity index (χ3v) is 5.64. The normalized spacial score (nSPS) is 10.9. The molecule has 0 saturated carbocycles. The van der Waals surface area contributed by atoms with E-state index in [2.05, 4.69) is 11.4 Å². The van der Waals surface area contributed by atoms with Gasteiger partial charge in [0.05, 0.1) is 20.2 Å². The van der Waals surface area contributed by atoms with E-state index >= 15 is 0 Å². The second-order valence-electron chi connectivity index (χ2n) is 8.37. The summed E-state index contributed by atoms with van der Waals surface area (Å²) in [5.41, 5.74) is 2.87. The first-order chi connectivity index (χ1) is 15.9.